The molecule has 0 aliphatic heterocycles. The molecule has 1 aromatic heterocycles. The molecule has 1 heterocycles. The Morgan fingerprint density at radius 3 is 2.48 bits per heavy atom. The monoisotopic (exact) mass is 310 g/mol. The Balaban J connectivity index is 1.75. The van der Waals surface area contributed by atoms with Gasteiger partial charge in [0.1, 0.15) is 11.5 Å². The highest BCUT2D eigenvalue weighted by molar-refractivity contribution is 5.55. The van der Waals surface area contributed by atoms with Gasteiger partial charge in [0.25, 0.3) is 5.89 Å². The molecule has 5 heteroatoms. The highest BCUT2D eigenvalue weighted by Gasteiger charge is 2.11. The molecule has 118 valence electrons. The van der Waals surface area contributed by atoms with Gasteiger partial charge in [0.05, 0.1) is 7.11 Å². The van der Waals surface area contributed by atoms with E-state index in [1.165, 1.54) is 0 Å². The maximum Gasteiger partial charge on any atom is 0.254 e. The van der Waals surface area contributed by atoms with Crippen LogP contribution in [-0.2, 0) is 6.61 Å². The fourth-order valence-corrected chi connectivity index (χ4v) is 2.35. The van der Waals surface area contributed by atoms with Crippen LogP contribution in [0.3, 0.4) is 0 Å². The molecule has 0 radical (unpaired) electrons. The summed E-state index contributed by atoms with van der Waals surface area (Å²) >= 11 is 0. The number of para-hydroxylation sites is 1. The molecule has 0 aliphatic rings. The lowest BCUT2D eigenvalue weighted by atomic mass is 10.1. The van der Waals surface area contributed by atoms with Crippen LogP contribution in [-0.4, -0.2) is 17.3 Å². The van der Waals surface area contributed by atoms with Gasteiger partial charge >= 0.3 is 0 Å². The largest absolute Gasteiger partial charge is 0.497 e. The fourth-order valence-electron chi connectivity index (χ4n) is 2.35. The summed E-state index contributed by atoms with van der Waals surface area (Å²) in [6.07, 6.45) is 0. The molecule has 0 unspecified atom stereocenters. The Hall–Kier alpha value is -2.82. The fraction of sp³-hybridized carbons (Fsp3) is 0.222. The number of hydrogen-bond acceptors (Lipinski definition) is 5. The van der Waals surface area contributed by atoms with Gasteiger partial charge in [-0.15, -0.1) is 10.2 Å². The molecule has 0 spiro atoms. The van der Waals surface area contributed by atoms with Gasteiger partial charge in [-0.2, -0.15) is 0 Å². The Morgan fingerprint density at radius 1 is 1.00 bits per heavy atom. The first-order chi connectivity index (χ1) is 11.2. The van der Waals surface area contributed by atoms with E-state index < -0.39 is 0 Å². The summed E-state index contributed by atoms with van der Waals surface area (Å²) in [7, 11) is 1.62. The van der Waals surface area contributed by atoms with Crippen molar-refractivity contribution in [2.24, 2.45) is 0 Å². The van der Waals surface area contributed by atoms with Crippen molar-refractivity contribution in [1.82, 2.24) is 10.2 Å². The molecule has 0 bridgehead atoms. The minimum absolute atomic E-state index is 0.239. The van der Waals surface area contributed by atoms with Crippen molar-refractivity contribution >= 4 is 0 Å². The molecule has 0 amide bonds. The lowest BCUT2D eigenvalue weighted by Crippen LogP contribution is -1.99. The van der Waals surface area contributed by atoms with E-state index >= 15 is 0 Å². The SMILES string of the molecule is COc1cccc(-c2nnc(COc3c(C)cccc3C)o2)c1. The van der Waals surface area contributed by atoms with Crippen LogP contribution in [0.2, 0.25) is 0 Å². The van der Waals surface area contributed by atoms with Crippen LogP contribution in [0.15, 0.2) is 46.9 Å². The number of methoxy groups -OCH3 is 1. The van der Waals surface area contributed by atoms with Gasteiger partial charge in [0.2, 0.25) is 5.89 Å². The quantitative estimate of drug-likeness (QED) is 0.714. The number of nitrogens with zero attached hydrogens (tertiary/aromatic N) is 2. The summed E-state index contributed by atoms with van der Waals surface area (Å²) in [5, 5.41) is 8.11. The van der Waals surface area contributed by atoms with E-state index in [0.29, 0.717) is 11.8 Å². The summed E-state index contributed by atoms with van der Waals surface area (Å²) in [6.45, 7) is 4.26. The zero-order chi connectivity index (χ0) is 16.2. The maximum atomic E-state index is 5.83. The summed E-state index contributed by atoms with van der Waals surface area (Å²) in [5.74, 6) is 2.48. The van der Waals surface area contributed by atoms with E-state index in [-0.39, 0.29) is 6.61 Å². The molecule has 0 saturated heterocycles. The van der Waals surface area contributed by atoms with Crippen molar-refractivity contribution in [3.63, 3.8) is 0 Å². The average Bonchev–Trinajstić information content (AvgIpc) is 3.03. The maximum absolute atomic E-state index is 5.83. The van der Waals surface area contributed by atoms with Crippen molar-refractivity contribution in [3.05, 3.63) is 59.5 Å². The number of rotatable bonds is 5. The second-order valence-corrected chi connectivity index (χ2v) is 5.24. The predicted octanol–water partition coefficient (Wildman–Crippen LogP) is 3.94. The van der Waals surface area contributed by atoms with Gasteiger partial charge in [0.15, 0.2) is 6.61 Å². The Bertz CT molecular complexity index is 791. The second kappa shape index (κ2) is 6.52. The Morgan fingerprint density at radius 2 is 1.74 bits per heavy atom. The third kappa shape index (κ3) is 3.34. The third-order valence-corrected chi connectivity index (χ3v) is 3.53. The van der Waals surface area contributed by atoms with E-state index in [4.69, 9.17) is 13.9 Å². The van der Waals surface area contributed by atoms with Gasteiger partial charge in [-0.3, -0.25) is 0 Å². The molecule has 0 atom stereocenters. The highest BCUT2D eigenvalue weighted by Crippen LogP contribution is 2.25. The number of hydrogen-bond donors (Lipinski definition) is 0. The molecule has 0 aliphatic carbocycles. The van der Waals surface area contributed by atoms with Crippen molar-refractivity contribution in [3.8, 4) is 23.0 Å². The minimum Gasteiger partial charge on any atom is -0.497 e. The zero-order valence-corrected chi connectivity index (χ0v) is 13.4. The van der Waals surface area contributed by atoms with Crippen molar-refractivity contribution in [2.75, 3.05) is 7.11 Å². The van der Waals surface area contributed by atoms with Crippen LogP contribution in [0.4, 0.5) is 0 Å². The van der Waals surface area contributed by atoms with Crippen LogP contribution in [0.5, 0.6) is 11.5 Å². The lowest BCUT2D eigenvalue weighted by molar-refractivity contribution is 0.261. The first-order valence-corrected chi connectivity index (χ1v) is 7.33. The summed E-state index contributed by atoms with van der Waals surface area (Å²) in [5.41, 5.74) is 2.98. The minimum atomic E-state index is 0.239. The third-order valence-electron chi connectivity index (χ3n) is 3.53. The Labute approximate surface area is 134 Å². The lowest BCUT2D eigenvalue weighted by Gasteiger charge is -2.09. The van der Waals surface area contributed by atoms with Crippen LogP contribution in [0.1, 0.15) is 17.0 Å². The molecule has 3 rings (SSSR count). The van der Waals surface area contributed by atoms with E-state index in [2.05, 4.69) is 10.2 Å². The number of aromatic nitrogens is 2. The van der Waals surface area contributed by atoms with Gasteiger partial charge in [-0.25, -0.2) is 0 Å². The van der Waals surface area contributed by atoms with Crippen LogP contribution < -0.4 is 9.47 Å². The normalized spacial score (nSPS) is 10.6. The summed E-state index contributed by atoms with van der Waals surface area (Å²) in [6, 6.07) is 13.5. The van der Waals surface area contributed by atoms with Crippen LogP contribution >= 0.6 is 0 Å². The standard InChI is InChI=1S/C18H18N2O3/c1-12-6-4-7-13(2)17(12)22-11-16-19-20-18(23-16)14-8-5-9-15(10-14)21-3/h4-10H,11H2,1-3H3. The van der Waals surface area contributed by atoms with E-state index in [1.807, 2.05) is 56.3 Å². The van der Waals surface area contributed by atoms with Gasteiger partial charge in [-0.05, 0) is 43.2 Å². The molecule has 5 nitrogen and oxygen atoms in total. The molecule has 0 saturated carbocycles. The van der Waals surface area contributed by atoms with Crippen molar-refractivity contribution < 1.29 is 13.9 Å². The zero-order valence-electron chi connectivity index (χ0n) is 13.4. The molecule has 23 heavy (non-hydrogen) atoms. The first kappa shape index (κ1) is 15.1. The Kier molecular flexibility index (Phi) is 4.28. The summed E-state index contributed by atoms with van der Waals surface area (Å²) < 4.78 is 16.7. The molecular formula is C18H18N2O3. The van der Waals surface area contributed by atoms with Crippen molar-refractivity contribution in [1.29, 1.82) is 0 Å². The molecule has 2 aromatic carbocycles. The first-order valence-electron chi connectivity index (χ1n) is 7.33. The topological polar surface area (TPSA) is 57.4 Å². The summed E-state index contributed by atoms with van der Waals surface area (Å²) in [4.78, 5) is 0. The molecule has 0 fully saturated rings. The average molecular weight is 310 g/mol. The van der Waals surface area contributed by atoms with Gasteiger partial charge < -0.3 is 13.9 Å². The molecular weight excluding hydrogens is 292 g/mol. The number of ether oxygens (including phenoxy) is 2. The van der Waals surface area contributed by atoms with E-state index in [0.717, 1.165) is 28.2 Å². The van der Waals surface area contributed by atoms with E-state index in [9.17, 15) is 0 Å². The number of aryl methyl sites for hydroxylation is 2. The van der Waals surface area contributed by atoms with Crippen LogP contribution in [0.25, 0.3) is 11.5 Å². The highest BCUT2D eigenvalue weighted by atomic mass is 16.5. The van der Waals surface area contributed by atoms with Gasteiger partial charge in [-0.1, -0.05) is 24.3 Å². The smallest absolute Gasteiger partial charge is 0.254 e. The van der Waals surface area contributed by atoms with E-state index in [1.54, 1.807) is 7.11 Å². The van der Waals surface area contributed by atoms with Crippen LogP contribution in [0, 0.1) is 13.8 Å². The van der Waals surface area contributed by atoms with Crippen molar-refractivity contribution in [2.45, 2.75) is 20.5 Å². The predicted molar refractivity (Wildman–Crippen MR) is 86.5 cm³/mol. The number of benzene rings is 2. The molecule has 3 aromatic rings. The second-order valence-electron chi connectivity index (χ2n) is 5.24. The van der Waals surface area contributed by atoms with Gasteiger partial charge in [0, 0.05) is 5.56 Å². The molecule has 0 N–H and O–H groups in total.